The summed E-state index contributed by atoms with van der Waals surface area (Å²) in [6.07, 6.45) is 0.701. The van der Waals surface area contributed by atoms with Crippen molar-refractivity contribution in [2.24, 2.45) is 0 Å². The predicted molar refractivity (Wildman–Crippen MR) is 80.1 cm³/mol. The number of aromatic nitrogens is 3. The molecule has 2 heterocycles. The van der Waals surface area contributed by atoms with Gasteiger partial charge in [-0.05, 0) is 19.8 Å². The first kappa shape index (κ1) is 13.9. The lowest BCUT2D eigenvalue weighted by atomic mass is 10.0. The van der Waals surface area contributed by atoms with E-state index in [9.17, 15) is 0 Å². The smallest absolute Gasteiger partial charge is 0.137 e. The molecular weight excluding hydrogens is 256 g/mol. The normalized spacial score (nSPS) is 11.1. The molecule has 0 aliphatic carbocycles. The quantitative estimate of drug-likeness (QED) is 0.931. The maximum atomic E-state index is 4.62. The Labute approximate surface area is 118 Å². The molecule has 0 saturated heterocycles. The molecule has 2 aromatic heterocycles. The van der Waals surface area contributed by atoms with E-state index in [1.54, 1.807) is 11.3 Å². The Morgan fingerprint density at radius 2 is 1.95 bits per heavy atom. The van der Waals surface area contributed by atoms with Crippen molar-refractivity contribution in [3.63, 3.8) is 0 Å². The summed E-state index contributed by atoms with van der Waals surface area (Å²) in [5.74, 6) is 2.19. The van der Waals surface area contributed by atoms with Crippen LogP contribution >= 0.6 is 11.3 Å². The molecule has 4 nitrogen and oxygen atoms in total. The molecule has 19 heavy (non-hydrogen) atoms. The zero-order valence-corrected chi connectivity index (χ0v) is 12.9. The van der Waals surface area contributed by atoms with Crippen molar-refractivity contribution in [3.05, 3.63) is 33.2 Å². The van der Waals surface area contributed by atoms with Crippen LogP contribution in [0.4, 0.5) is 5.82 Å². The van der Waals surface area contributed by atoms with Gasteiger partial charge in [-0.25, -0.2) is 15.0 Å². The Hall–Kier alpha value is -1.49. The number of rotatable bonds is 4. The fourth-order valence-electron chi connectivity index (χ4n) is 2.22. The lowest BCUT2D eigenvalue weighted by Gasteiger charge is -2.15. The molecule has 0 aliphatic rings. The third-order valence-electron chi connectivity index (χ3n) is 2.97. The molecule has 0 unspecified atom stereocenters. The van der Waals surface area contributed by atoms with Gasteiger partial charge in [-0.2, -0.15) is 0 Å². The third-order valence-corrected chi connectivity index (χ3v) is 3.94. The van der Waals surface area contributed by atoms with Crippen LogP contribution in [0.15, 0.2) is 5.38 Å². The van der Waals surface area contributed by atoms with Gasteiger partial charge >= 0.3 is 0 Å². The Bertz CT molecular complexity index is 575. The second-order valence-corrected chi connectivity index (χ2v) is 5.89. The highest BCUT2D eigenvalue weighted by Crippen LogP contribution is 2.25. The minimum Gasteiger partial charge on any atom is -0.373 e. The van der Waals surface area contributed by atoms with Crippen LogP contribution in [0.1, 0.15) is 47.5 Å². The Balaban J connectivity index is 2.35. The molecule has 2 aromatic rings. The monoisotopic (exact) mass is 276 g/mol. The van der Waals surface area contributed by atoms with Crippen LogP contribution in [0.2, 0.25) is 0 Å². The lowest BCUT2D eigenvalue weighted by molar-refractivity contribution is 0.813. The van der Waals surface area contributed by atoms with E-state index in [1.807, 2.05) is 14.0 Å². The van der Waals surface area contributed by atoms with Gasteiger partial charge in [0.05, 0.1) is 6.42 Å². The first-order chi connectivity index (χ1) is 9.01. The van der Waals surface area contributed by atoms with Gasteiger partial charge in [0.2, 0.25) is 0 Å². The van der Waals surface area contributed by atoms with Crippen LogP contribution < -0.4 is 5.32 Å². The fraction of sp³-hybridized carbons (Fsp3) is 0.500. The van der Waals surface area contributed by atoms with E-state index in [4.69, 9.17) is 0 Å². The number of anilines is 1. The third kappa shape index (κ3) is 3.10. The van der Waals surface area contributed by atoms with Crippen LogP contribution in [0.25, 0.3) is 0 Å². The molecule has 0 bridgehead atoms. The van der Waals surface area contributed by atoms with Crippen molar-refractivity contribution in [2.75, 3.05) is 12.4 Å². The zero-order chi connectivity index (χ0) is 14.0. The number of nitrogens with zero attached hydrogens (tertiary/aromatic N) is 3. The van der Waals surface area contributed by atoms with Crippen molar-refractivity contribution in [1.82, 2.24) is 15.0 Å². The Kier molecular flexibility index (Phi) is 4.14. The highest BCUT2D eigenvalue weighted by Gasteiger charge is 2.14. The van der Waals surface area contributed by atoms with Gasteiger partial charge in [0, 0.05) is 29.4 Å². The van der Waals surface area contributed by atoms with Gasteiger partial charge in [-0.3, -0.25) is 0 Å². The number of hydrogen-bond donors (Lipinski definition) is 1. The maximum Gasteiger partial charge on any atom is 0.137 e. The van der Waals surface area contributed by atoms with Gasteiger partial charge in [0.1, 0.15) is 16.6 Å². The molecule has 0 amide bonds. The van der Waals surface area contributed by atoms with Crippen molar-refractivity contribution < 1.29 is 0 Å². The molecule has 5 heteroatoms. The SMILES string of the molecule is CNc1nc(Cc2nc(C)cs2)nc(C)c1C(C)C. The molecular formula is C14H20N4S. The second kappa shape index (κ2) is 5.65. The molecule has 2 rings (SSSR count). The summed E-state index contributed by atoms with van der Waals surface area (Å²) in [7, 11) is 1.91. The van der Waals surface area contributed by atoms with Crippen LogP contribution in [0, 0.1) is 13.8 Å². The Morgan fingerprint density at radius 3 is 2.47 bits per heavy atom. The molecule has 0 spiro atoms. The standard InChI is InChI=1S/C14H20N4S/c1-8(2)13-10(4)17-11(18-14(13)15-5)6-12-16-9(3)7-19-12/h7-8H,6H2,1-5H3,(H,15,17,18). The lowest BCUT2D eigenvalue weighted by Crippen LogP contribution is -2.09. The zero-order valence-electron chi connectivity index (χ0n) is 12.1. The van der Waals surface area contributed by atoms with E-state index in [0.29, 0.717) is 12.3 Å². The fourth-order valence-corrected chi connectivity index (χ4v) is 2.99. The molecule has 0 fully saturated rings. The van der Waals surface area contributed by atoms with E-state index in [0.717, 1.165) is 28.0 Å². The average Bonchev–Trinajstić information content (AvgIpc) is 2.73. The van der Waals surface area contributed by atoms with Crippen LogP contribution in [0.3, 0.4) is 0 Å². The van der Waals surface area contributed by atoms with Crippen molar-refractivity contribution in [1.29, 1.82) is 0 Å². The highest BCUT2D eigenvalue weighted by atomic mass is 32.1. The van der Waals surface area contributed by atoms with Gasteiger partial charge in [0.15, 0.2) is 0 Å². The van der Waals surface area contributed by atoms with Crippen LogP contribution in [-0.2, 0) is 6.42 Å². The van der Waals surface area contributed by atoms with E-state index in [1.165, 1.54) is 5.56 Å². The number of thiazole rings is 1. The first-order valence-corrected chi connectivity index (χ1v) is 7.35. The summed E-state index contributed by atoms with van der Waals surface area (Å²) in [6.45, 7) is 8.38. The molecule has 0 radical (unpaired) electrons. The van der Waals surface area contributed by atoms with Gasteiger partial charge in [0.25, 0.3) is 0 Å². The number of nitrogens with one attached hydrogen (secondary N) is 1. The number of hydrogen-bond acceptors (Lipinski definition) is 5. The van der Waals surface area contributed by atoms with Gasteiger partial charge < -0.3 is 5.32 Å². The van der Waals surface area contributed by atoms with Gasteiger partial charge in [-0.15, -0.1) is 11.3 Å². The summed E-state index contributed by atoms with van der Waals surface area (Å²) in [5, 5.41) is 6.31. The topological polar surface area (TPSA) is 50.7 Å². The number of aryl methyl sites for hydroxylation is 2. The van der Waals surface area contributed by atoms with E-state index < -0.39 is 0 Å². The predicted octanol–water partition coefficient (Wildman–Crippen LogP) is 3.31. The van der Waals surface area contributed by atoms with Gasteiger partial charge in [-0.1, -0.05) is 13.8 Å². The Morgan fingerprint density at radius 1 is 1.21 bits per heavy atom. The van der Waals surface area contributed by atoms with E-state index in [2.05, 4.69) is 46.4 Å². The second-order valence-electron chi connectivity index (χ2n) is 4.95. The van der Waals surface area contributed by atoms with Crippen molar-refractivity contribution >= 4 is 17.2 Å². The maximum absolute atomic E-state index is 4.62. The largest absolute Gasteiger partial charge is 0.373 e. The molecule has 0 aliphatic heterocycles. The van der Waals surface area contributed by atoms with Crippen molar-refractivity contribution in [2.45, 2.75) is 40.0 Å². The summed E-state index contributed by atoms with van der Waals surface area (Å²) < 4.78 is 0. The van der Waals surface area contributed by atoms with Crippen molar-refractivity contribution in [3.8, 4) is 0 Å². The minimum absolute atomic E-state index is 0.415. The molecule has 1 N–H and O–H groups in total. The highest BCUT2D eigenvalue weighted by molar-refractivity contribution is 7.09. The minimum atomic E-state index is 0.415. The molecule has 0 atom stereocenters. The average molecular weight is 276 g/mol. The first-order valence-electron chi connectivity index (χ1n) is 6.47. The summed E-state index contributed by atoms with van der Waals surface area (Å²) in [6, 6.07) is 0. The summed E-state index contributed by atoms with van der Waals surface area (Å²) >= 11 is 1.66. The van der Waals surface area contributed by atoms with Crippen LogP contribution in [-0.4, -0.2) is 22.0 Å². The molecule has 0 aromatic carbocycles. The summed E-state index contributed by atoms with van der Waals surface area (Å²) in [5.41, 5.74) is 3.31. The molecule has 102 valence electrons. The molecule has 0 saturated carbocycles. The van der Waals surface area contributed by atoms with E-state index in [-0.39, 0.29) is 0 Å². The summed E-state index contributed by atoms with van der Waals surface area (Å²) in [4.78, 5) is 13.7. The van der Waals surface area contributed by atoms with E-state index >= 15 is 0 Å². The van der Waals surface area contributed by atoms with Crippen LogP contribution in [0.5, 0.6) is 0 Å².